The summed E-state index contributed by atoms with van der Waals surface area (Å²) in [5.74, 6) is 0.705. The van der Waals surface area contributed by atoms with Gasteiger partial charge in [-0.25, -0.2) is 0 Å². The van der Waals surface area contributed by atoms with E-state index in [1.54, 1.807) is 0 Å². The number of alkyl halides is 1. The van der Waals surface area contributed by atoms with E-state index in [0.717, 1.165) is 12.8 Å². The maximum atomic E-state index is 5.46. The van der Waals surface area contributed by atoms with Gasteiger partial charge in [0.15, 0.2) is 0 Å². The molecule has 0 saturated carbocycles. The van der Waals surface area contributed by atoms with Gasteiger partial charge in [-0.2, -0.15) is 0 Å². The molecule has 0 aliphatic carbocycles. The van der Waals surface area contributed by atoms with Crippen molar-refractivity contribution >= 4 is 11.6 Å². The molecule has 0 bridgehead atoms. The van der Waals surface area contributed by atoms with Crippen LogP contribution in [0.1, 0.15) is 64.5 Å². The van der Waals surface area contributed by atoms with E-state index in [9.17, 15) is 0 Å². The van der Waals surface area contributed by atoms with Crippen LogP contribution in [0.3, 0.4) is 0 Å². The lowest BCUT2D eigenvalue weighted by Crippen LogP contribution is -1.91. The van der Waals surface area contributed by atoms with E-state index in [-0.39, 0.29) is 0 Å². The highest BCUT2D eigenvalue weighted by Gasteiger charge is 2.00. The minimum absolute atomic E-state index is 0.356. The van der Waals surface area contributed by atoms with E-state index >= 15 is 0 Å². The summed E-state index contributed by atoms with van der Waals surface area (Å²) in [4.78, 5) is 0. The smallest absolute Gasteiger partial charge is 0.0305 e. The van der Waals surface area contributed by atoms with E-state index in [1.807, 2.05) is 6.92 Å². The third kappa shape index (κ3) is 7.44. The van der Waals surface area contributed by atoms with E-state index in [2.05, 4.69) is 52.0 Å². The third-order valence-electron chi connectivity index (χ3n) is 3.13. The Bertz CT molecular complexity index is 274. The molecule has 2 atom stereocenters. The van der Waals surface area contributed by atoms with Crippen molar-refractivity contribution in [3.05, 3.63) is 35.4 Å². The van der Waals surface area contributed by atoms with Crippen LogP contribution in [0.2, 0.25) is 0 Å². The van der Waals surface area contributed by atoms with Gasteiger partial charge in [0.05, 0.1) is 0 Å². The predicted octanol–water partition coefficient (Wildman–Crippen LogP) is 5.79. The second-order valence-corrected chi connectivity index (χ2v) is 5.34. The van der Waals surface area contributed by atoms with Gasteiger partial charge in [-0.1, -0.05) is 52.0 Å². The number of hydrogen-bond acceptors (Lipinski definition) is 0. The summed E-state index contributed by atoms with van der Waals surface area (Å²) in [6.07, 6.45) is 3.44. The fourth-order valence-corrected chi connectivity index (χ4v) is 1.32. The van der Waals surface area contributed by atoms with Gasteiger partial charge in [-0.05, 0) is 43.2 Å². The SMILES string of the molecule is CCC(C)Cl.CCc1ccc(C(C)CC)cc1. The topological polar surface area (TPSA) is 0 Å². The van der Waals surface area contributed by atoms with Crippen molar-refractivity contribution in [2.75, 3.05) is 0 Å². The third-order valence-corrected chi connectivity index (χ3v) is 3.44. The van der Waals surface area contributed by atoms with Gasteiger partial charge in [0, 0.05) is 5.38 Å². The van der Waals surface area contributed by atoms with Crippen molar-refractivity contribution in [3.63, 3.8) is 0 Å². The molecule has 0 aromatic heterocycles. The van der Waals surface area contributed by atoms with Crippen LogP contribution in [-0.4, -0.2) is 5.38 Å². The summed E-state index contributed by atoms with van der Waals surface area (Å²) in [6, 6.07) is 8.99. The molecule has 1 heteroatoms. The summed E-state index contributed by atoms with van der Waals surface area (Å²) >= 11 is 5.46. The van der Waals surface area contributed by atoms with Crippen molar-refractivity contribution < 1.29 is 0 Å². The van der Waals surface area contributed by atoms with Crippen LogP contribution in [0, 0.1) is 0 Å². The number of halogens is 1. The lowest BCUT2D eigenvalue weighted by Gasteiger charge is -2.08. The molecular weight excluding hydrogens is 228 g/mol. The Balaban J connectivity index is 0.000000437. The molecule has 2 unspecified atom stereocenters. The highest BCUT2D eigenvalue weighted by atomic mass is 35.5. The van der Waals surface area contributed by atoms with Crippen LogP contribution in [0.15, 0.2) is 24.3 Å². The largest absolute Gasteiger partial charge is 0.123 e. The Morgan fingerprint density at radius 1 is 0.941 bits per heavy atom. The molecular formula is C16H27Cl. The molecule has 1 aromatic carbocycles. The van der Waals surface area contributed by atoms with E-state index in [4.69, 9.17) is 11.6 Å². The number of rotatable bonds is 4. The van der Waals surface area contributed by atoms with Crippen LogP contribution in [0.4, 0.5) is 0 Å². The lowest BCUT2D eigenvalue weighted by molar-refractivity contribution is 0.733. The second kappa shape index (κ2) is 9.53. The number of aryl methyl sites for hydroxylation is 1. The minimum atomic E-state index is 0.356. The zero-order chi connectivity index (χ0) is 13.3. The molecule has 1 aromatic rings. The van der Waals surface area contributed by atoms with Crippen LogP contribution >= 0.6 is 11.6 Å². The predicted molar refractivity (Wildman–Crippen MR) is 80.1 cm³/mol. The molecule has 0 N–H and O–H groups in total. The fourth-order valence-electron chi connectivity index (χ4n) is 1.32. The van der Waals surface area contributed by atoms with E-state index < -0.39 is 0 Å². The maximum Gasteiger partial charge on any atom is 0.0305 e. The van der Waals surface area contributed by atoms with Crippen LogP contribution in [0.25, 0.3) is 0 Å². The molecule has 0 amide bonds. The molecule has 0 aliphatic rings. The highest BCUT2D eigenvalue weighted by Crippen LogP contribution is 2.18. The summed E-state index contributed by atoms with van der Waals surface area (Å²) < 4.78 is 0. The summed E-state index contributed by atoms with van der Waals surface area (Å²) in [7, 11) is 0. The number of benzene rings is 1. The molecule has 0 radical (unpaired) electrons. The Morgan fingerprint density at radius 2 is 1.41 bits per heavy atom. The van der Waals surface area contributed by atoms with Gasteiger partial charge in [0.25, 0.3) is 0 Å². The molecule has 0 nitrogen and oxygen atoms in total. The first-order valence-electron chi connectivity index (χ1n) is 6.77. The molecule has 98 valence electrons. The average Bonchev–Trinajstić information content (AvgIpc) is 2.38. The van der Waals surface area contributed by atoms with Crippen LogP contribution in [0.5, 0.6) is 0 Å². The molecule has 0 heterocycles. The van der Waals surface area contributed by atoms with Crippen molar-refractivity contribution in [2.45, 2.75) is 65.2 Å². The van der Waals surface area contributed by atoms with Crippen molar-refractivity contribution in [1.82, 2.24) is 0 Å². The first-order chi connectivity index (χ1) is 8.04. The standard InChI is InChI=1S/C12H18.C4H9Cl/c1-4-10(3)12-8-6-11(5-2)7-9-12;1-3-4(2)5/h6-10H,4-5H2,1-3H3;4H,3H2,1-2H3. The Morgan fingerprint density at radius 3 is 1.71 bits per heavy atom. The van der Waals surface area contributed by atoms with Gasteiger partial charge in [0.2, 0.25) is 0 Å². The lowest BCUT2D eigenvalue weighted by atomic mass is 9.97. The summed E-state index contributed by atoms with van der Waals surface area (Å²) in [5, 5.41) is 0.356. The highest BCUT2D eigenvalue weighted by molar-refractivity contribution is 6.20. The van der Waals surface area contributed by atoms with Crippen LogP contribution < -0.4 is 0 Å². The van der Waals surface area contributed by atoms with Gasteiger partial charge in [-0.15, -0.1) is 11.6 Å². The van der Waals surface area contributed by atoms with Gasteiger partial charge >= 0.3 is 0 Å². The Labute approximate surface area is 112 Å². The Kier molecular flexibility index (Phi) is 9.26. The minimum Gasteiger partial charge on any atom is -0.123 e. The second-order valence-electron chi connectivity index (χ2n) is 4.59. The maximum absolute atomic E-state index is 5.46. The average molecular weight is 255 g/mol. The van der Waals surface area contributed by atoms with E-state index in [1.165, 1.54) is 17.5 Å². The Hall–Kier alpha value is -0.490. The summed E-state index contributed by atoms with van der Waals surface area (Å²) in [5.41, 5.74) is 2.90. The monoisotopic (exact) mass is 254 g/mol. The molecule has 0 aliphatic heterocycles. The van der Waals surface area contributed by atoms with Crippen molar-refractivity contribution in [3.8, 4) is 0 Å². The molecule has 0 saturated heterocycles. The molecule has 1 rings (SSSR count). The molecule has 0 fully saturated rings. The molecule has 17 heavy (non-hydrogen) atoms. The zero-order valence-electron chi connectivity index (χ0n) is 12.0. The first-order valence-corrected chi connectivity index (χ1v) is 7.21. The summed E-state index contributed by atoms with van der Waals surface area (Å²) in [6.45, 7) is 10.8. The molecule has 0 spiro atoms. The van der Waals surface area contributed by atoms with Crippen molar-refractivity contribution in [2.24, 2.45) is 0 Å². The van der Waals surface area contributed by atoms with Gasteiger partial charge in [-0.3, -0.25) is 0 Å². The van der Waals surface area contributed by atoms with E-state index in [0.29, 0.717) is 11.3 Å². The van der Waals surface area contributed by atoms with Gasteiger partial charge < -0.3 is 0 Å². The van der Waals surface area contributed by atoms with Crippen molar-refractivity contribution in [1.29, 1.82) is 0 Å². The van der Waals surface area contributed by atoms with Gasteiger partial charge in [0.1, 0.15) is 0 Å². The normalized spacial score (nSPS) is 13.5. The first kappa shape index (κ1) is 16.5. The number of hydrogen-bond donors (Lipinski definition) is 0. The fraction of sp³-hybridized carbons (Fsp3) is 0.625. The van der Waals surface area contributed by atoms with Crippen LogP contribution in [-0.2, 0) is 6.42 Å². The quantitative estimate of drug-likeness (QED) is 0.597. The zero-order valence-corrected chi connectivity index (χ0v) is 12.7.